The molecule has 142 valence electrons. The topological polar surface area (TPSA) is 67.9 Å². The Kier molecular flexibility index (Phi) is 5.30. The van der Waals surface area contributed by atoms with Crippen molar-refractivity contribution < 1.29 is 23.5 Å². The molecule has 0 aromatic heterocycles. The molecule has 27 heavy (non-hydrogen) atoms. The third-order valence-corrected chi connectivity index (χ3v) is 4.70. The molecule has 1 fully saturated rings. The first-order valence-corrected chi connectivity index (χ1v) is 8.68. The van der Waals surface area contributed by atoms with Gasteiger partial charge in [-0.3, -0.25) is 9.69 Å². The maximum Gasteiger partial charge on any atom is 0.325 e. The van der Waals surface area contributed by atoms with Crippen LogP contribution in [-0.2, 0) is 10.3 Å². The fourth-order valence-corrected chi connectivity index (χ4v) is 3.15. The van der Waals surface area contributed by atoms with Crippen LogP contribution >= 0.6 is 0 Å². The second kappa shape index (κ2) is 7.65. The van der Waals surface area contributed by atoms with E-state index >= 15 is 0 Å². The van der Waals surface area contributed by atoms with Gasteiger partial charge in [-0.25, -0.2) is 9.18 Å². The Morgan fingerprint density at radius 3 is 2.44 bits per heavy atom. The zero-order valence-electron chi connectivity index (χ0n) is 15.2. The van der Waals surface area contributed by atoms with E-state index in [0.29, 0.717) is 17.7 Å². The molecule has 2 aromatic carbocycles. The molecular weight excluding hydrogens is 351 g/mol. The number of para-hydroxylation sites is 1. The first kappa shape index (κ1) is 18.7. The molecule has 3 amide bonds. The van der Waals surface area contributed by atoms with E-state index in [4.69, 9.17) is 9.47 Å². The van der Waals surface area contributed by atoms with Gasteiger partial charge >= 0.3 is 6.03 Å². The van der Waals surface area contributed by atoms with E-state index in [1.54, 1.807) is 43.5 Å². The monoisotopic (exact) mass is 372 g/mol. The van der Waals surface area contributed by atoms with E-state index in [2.05, 4.69) is 5.32 Å². The standard InChI is InChI=1S/C20H21FN2O4/c1-3-20(14-8-10-15(26-2)11-9-14)18(24)23(19(25)22-20)12-13-27-17-7-5-4-6-16(17)21/h4-11H,3,12-13H2,1-2H3,(H,22,25)/t20-/m1/s1. The molecule has 2 aromatic rings. The van der Waals surface area contributed by atoms with Crippen LogP contribution < -0.4 is 14.8 Å². The summed E-state index contributed by atoms with van der Waals surface area (Å²) in [6.45, 7) is 1.86. The highest BCUT2D eigenvalue weighted by molar-refractivity contribution is 6.07. The molecule has 1 heterocycles. The van der Waals surface area contributed by atoms with Crippen LogP contribution in [0, 0.1) is 5.82 Å². The van der Waals surface area contributed by atoms with Crippen molar-refractivity contribution in [1.82, 2.24) is 10.2 Å². The molecular formula is C20H21FN2O4. The Morgan fingerprint density at radius 2 is 1.81 bits per heavy atom. The normalized spacial score (nSPS) is 19.1. The number of nitrogens with zero attached hydrogens (tertiary/aromatic N) is 1. The van der Waals surface area contributed by atoms with Crippen LogP contribution in [-0.4, -0.2) is 37.1 Å². The Bertz CT molecular complexity index is 840. The number of urea groups is 1. The predicted octanol–water partition coefficient (Wildman–Crippen LogP) is 3.07. The molecule has 0 bridgehead atoms. The zero-order valence-corrected chi connectivity index (χ0v) is 15.2. The Morgan fingerprint density at radius 1 is 1.11 bits per heavy atom. The van der Waals surface area contributed by atoms with E-state index in [9.17, 15) is 14.0 Å². The van der Waals surface area contributed by atoms with Gasteiger partial charge in [0.1, 0.15) is 17.9 Å². The lowest BCUT2D eigenvalue weighted by Crippen LogP contribution is -2.43. The lowest BCUT2D eigenvalue weighted by atomic mass is 9.87. The van der Waals surface area contributed by atoms with Crippen molar-refractivity contribution in [3.63, 3.8) is 0 Å². The number of ether oxygens (including phenoxy) is 2. The quantitative estimate of drug-likeness (QED) is 0.759. The molecule has 1 atom stereocenters. The number of hydrogen-bond donors (Lipinski definition) is 1. The van der Waals surface area contributed by atoms with E-state index in [-0.39, 0.29) is 24.8 Å². The zero-order chi connectivity index (χ0) is 19.4. The first-order chi connectivity index (χ1) is 13.0. The molecule has 0 unspecified atom stereocenters. The van der Waals surface area contributed by atoms with Gasteiger partial charge in [-0.1, -0.05) is 31.2 Å². The van der Waals surface area contributed by atoms with E-state index < -0.39 is 17.4 Å². The summed E-state index contributed by atoms with van der Waals surface area (Å²) in [4.78, 5) is 26.5. The van der Waals surface area contributed by atoms with E-state index in [1.807, 2.05) is 6.92 Å². The summed E-state index contributed by atoms with van der Waals surface area (Å²) in [6, 6.07) is 12.5. The van der Waals surface area contributed by atoms with Gasteiger partial charge in [-0.05, 0) is 36.2 Å². The number of rotatable bonds is 7. The minimum absolute atomic E-state index is 0.00248. The number of carbonyl (C=O) groups excluding carboxylic acids is 2. The fraction of sp³-hybridized carbons (Fsp3) is 0.300. The van der Waals surface area contributed by atoms with Gasteiger partial charge in [0.2, 0.25) is 0 Å². The van der Waals surface area contributed by atoms with Crippen molar-refractivity contribution in [2.45, 2.75) is 18.9 Å². The summed E-state index contributed by atoms with van der Waals surface area (Å²) in [5.41, 5.74) is -0.442. The fourth-order valence-electron chi connectivity index (χ4n) is 3.15. The number of imide groups is 1. The number of methoxy groups -OCH3 is 1. The number of carbonyl (C=O) groups is 2. The molecule has 7 heteroatoms. The summed E-state index contributed by atoms with van der Waals surface area (Å²) in [5, 5.41) is 2.80. The highest BCUT2D eigenvalue weighted by Crippen LogP contribution is 2.33. The Hall–Kier alpha value is -3.09. The molecule has 1 saturated heterocycles. The molecule has 1 N–H and O–H groups in total. The molecule has 1 aliphatic rings. The summed E-state index contributed by atoms with van der Waals surface area (Å²) in [6.07, 6.45) is 0.397. The van der Waals surface area contributed by atoms with E-state index in [1.165, 1.54) is 12.1 Å². The highest BCUT2D eigenvalue weighted by Gasteiger charge is 2.51. The van der Waals surface area contributed by atoms with Gasteiger partial charge in [0.05, 0.1) is 13.7 Å². The minimum Gasteiger partial charge on any atom is -0.497 e. The number of benzene rings is 2. The Balaban J connectivity index is 1.73. The molecule has 0 aliphatic carbocycles. The van der Waals surface area contributed by atoms with Crippen LogP contribution in [0.15, 0.2) is 48.5 Å². The maximum absolute atomic E-state index is 13.6. The van der Waals surface area contributed by atoms with Crippen molar-refractivity contribution in [2.24, 2.45) is 0 Å². The lowest BCUT2D eigenvalue weighted by Gasteiger charge is -2.26. The smallest absolute Gasteiger partial charge is 0.325 e. The van der Waals surface area contributed by atoms with Gasteiger partial charge < -0.3 is 14.8 Å². The maximum atomic E-state index is 13.6. The van der Waals surface area contributed by atoms with Crippen molar-refractivity contribution in [3.05, 3.63) is 59.9 Å². The molecule has 0 radical (unpaired) electrons. The molecule has 3 rings (SSSR count). The molecule has 1 aliphatic heterocycles. The molecule has 0 saturated carbocycles. The van der Waals surface area contributed by atoms with Gasteiger partial charge in [-0.15, -0.1) is 0 Å². The van der Waals surface area contributed by atoms with Gasteiger partial charge in [0, 0.05) is 0 Å². The Labute approximate surface area is 156 Å². The van der Waals surface area contributed by atoms with Crippen LogP contribution in [0.25, 0.3) is 0 Å². The SMILES string of the molecule is CC[C@]1(c2ccc(OC)cc2)NC(=O)N(CCOc2ccccc2F)C1=O. The third kappa shape index (κ3) is 3.45. The number of amides is 3. The average molecular weight is 372 g/mol. The predicted molar refractivity (Wildman–Crippen MR) is 97.1 cm³/mol. The van der Waals surface area contributed by atoms with Crippen LogP contribution in [0.2, 0.25) is 0 Å². The number of halogens is 1. The second-order valence-corrected chi connectivity index (χ2v) is 6.15. The van der Waals surface area contributed by atoms with Crippen molar-refractivity contribution >= 4 is 11.9 Å². The van der Waals surface area contributed by atoms with Crippen LogP contribution in [0.5, 0.6) is 11.5 Å². The lowest BCUT2D eigenvalue weighted by molar-refractivity contribution is -0.132. The summed E-state index contributed by atoms with van der Waals surface area (Å²) >= 11 is 0. The highest BCUT2D eigenvalue weighted by atomic mass is 19.1. The van der Waals surface area contributed by atoms with Crippen molar-refractivity contribution in [1.29, 1.82) is 0 Å². The van der Waals surface area contributed by atoms with Crippen LogP contribution in [0.1, 0.15) is 18.9 Å². The van der Waals surface area contributed by atoms with Gasteiger partial charge in [0.25, 0.3) is 5.91 Å². The van der Waals surface area contributed by atoms with Crippen molar-refractivity contribution in [3.8, 4) is 11.5 Å². The van der Waals surface area contributed by atoms with Gasteiger partial charge in [0.15, 0.2) is 11.6 Å². The summed E-state index contributed by atoms with van der Waals surface area (Å²) in [5.74, 6) is -0.0912. The summed E-state index contributed by atoms with van der Waals surface area (Å²) in [7, 11) is 1.56. The van der Waals surface area contributed by atoms with Crippen molar-refractivity contribution in [2.75, 3.05) is 20.3 Å². The first-order valence-electron chi connectivity index (χ1n) is 8.68. The van der Waals surface area contributed by atoms with Gasteiger partial charge in [-0.2, -0.15) is 0 Å². The summed E-state index contributed by atoms with van der Waals surface area (Å²) < 4.78 is 24.1. The number of hydrogen-bond acceptors (Lipinski definition) is 4. The third-order valence-electron chi connectivity index (χ3n) is 4.70. The second-order valence-electron chi connectivity index (χ2n) is 6.15. The van der Waals surface area contributed by atoms with E-state index in [0.717, 1.165) is 4.90 Å². The molecule has 0 spiro atoms. The average Bonchev–Trinajstić information content (AvgIpc) is 2.94. The van der Waals surface area contributed by atoms with Crippen LogP contribution in [0.3, 0.4) is 0 Å². The van der Waals surface area contributed by atoms with Crippen LogP contribution in [0.4, 0.5) is 9.18 Å². The number of nitrogens with one attached hydrogen (secondary N) is 1. The molecule has 6 nitrogen and oxygen atoms in total. The minimum atomic E-state index is -1.12. The largest absolute Gasteiger partial charge is 0.497 e.